The van der Waals surface area contributed by atoms with E-state index >= 15 is 0 Å². The smallest absolute Gasteiger partial charge is 0.147 e. The van der Waals surface area contributed by atoms with E-state index < -0.39 is 0 Å². The minimum atomic E-state index is -0.0353. The Labute approximate surface area is 289 Å². The van der Waals surface area contributed by atoms with Crippen molar-refractivity contribution >= 4 is 55.6 Å². The Hall–Kier alpha value is -6.12. The number of benzene rings is 7. The van der Waals surface area contributed by atoms with Gasteiger partial charge in [0.05, 0.1) is 5.56 Å². The summed E-state index contributed by atoms with van der Waals surface area (Å²) in [6.07, 6.45) is 14.5. The van der Waals surface area contributed by atoms with Gasteiger partial charge in [0.25, 0.3) is 0 Å². The molecule has 0 amide bonds. The third-order valence-electron chi connectivity index (χ3n) is 11.1. The Kier molecular flexibility index (Phi) is 5.94. The van der Waals surface area contributed by atoms with Gasteiger partial charge in [-0.15, -0.1) is 0 Å². The summed E-state index contributed by atoms with van der Waals surface area (Å²) in [5, 5.41) is 9.74. The summed E-state index contributed by atoms with van der Waals surface area (Å²) in [6.45, 7) is 0. The Morgan fingerprint density at radius 3 is 2.02 bits per heavy atom. The molecule has 7 aromatic carbocycles. The Balaban J connectivity index is 1.21. The highest BCUT2D eigenvalue weighted by atomic mass is 16.5. The highest BCUT2D eigenvalue weighted by Gasteiger charge is 2.37. The van der Waals surface area contributed by atoms with Crippen LogP contribution in [0.1, 0.15) is 29.4 Å². The number of ether oxygens (including phenoxy) is 1. The van der Waals surface area contributed by atoms with Crippen molar-refractivity contribution in [1.82, 2.24) is 0 Å². The van der Waals surface area contributed by atoms with Crippen molar-refractivity contribution in [1.29, 1.82) is 0 Å². The van der Waals surface area contributed by atoms with Gasteiger partial charge < -0.3 is 9.15 Å². The number of fused-ring (bicyclic) bond motifs is 9. The van der Waals surface area contributed by atoms with Crippen LogP contribution in [0.15, 0.2) is 156 Å². The highest BCUT2D eigenvalue weighted by molar-refractivity contribution is 6.25. The number of furan rings is 1. The van der Waals surface area contributed by atoms with E-state index in [1.807, 2.05) is 0 Å². The topological polar surface area (TPSA) is 22.4 Å². The summed E-state index contributed by atoms with van der Waals surface area (Å²) in [5.41, 5.74) is 9.04. The molecule has 0 fully saturated rings. The van der Waals surface area contributed by atoms with Crippen molar-refractivity contribution in [2.45, 2.75) is 24.4 Å². The molecule has 2 heteroatoms. The molecule has 8 aromatic rings. The standard InChI is InChI=1S/C48H32O2/c1-2-13-30-26-32(25-24-29(30)12-1)31-14-11-15-33(27-31)44-36-18-3-5-20-38(36)45(39-21-6-4-19-37(39)44)46-47-40(34-16-7-9-22-42(34)49-47)28-41-35-17-8-10-23-43(35)50-48(41)46/h1-24,26-28,32,34,42H,25H2. The monoisotopic (exact) mass is 640 g/mol. The molecule has 3 aliphatic rings. The van der Waals surface area contributed by atoms with Gasteiger partial charge in [-0.1, -0.05) is 146 Å². The largest absolute Gasteiger partial charge is 0.484 e. The second-order valence-electron chi connectivity index (χ2n) is 13.8. The normalized spacial score (nSPS) is 18.8. The van der Waals surface area contributed by atoms with E-state index in [4.69, 9.17) is 9.15 Å². The van der Waals surface area contributed by atoms with Crippen LogP contribution in [0.2, 0.25) is 0 Å². The fourth-order valence-corrected chi connectivity index (χ4v) is 8.83. The highest BCUT2D eigenvalue weighted by Crippen LogP contribution is 2.55. The molecule has 236 valence electrons. The molecule has 2 aliphatic carbocycles. The number of rotatable bonds is 3. The van der Waals surface area contributed by atoms with Gasteiger partial charge in [-0.25, -0.2) is 0 Å². The zero-order valence-electron chi connectivity index (χ0n) is 27.3. The van der Waals surface area contributed by atoms with Crippen LogP contribution < -0.4 is 15.2 Å². The summed E-state index contributed by atoms with van der Waals surface area (Å²) >= 11 is 0. The molecule has 11 rings (SSSR count). The van der Waals surface area contributed by atoms with E-state index in [0.29, 0.717) is 5.92 Å². The molecule has 0 saturated heterocycles. The predicted molar refractivity (Wildman–Crippen MR) is 207 cm³/mol. The van der Waals surface area contributed by atoms with Crippen LogP contribution in [0, 0.1) is 0 Å². The lowest BCUT2D eigenvalue weighted by molar-refractivity contribution is 0.270. The molecule has 1 aromatic heterocycles. The number of allylic oxidation sites excluding steroid dienone is 2. The molecule has 0 spiro atoms. The first-order valence-corrected chi connectivity index (χ1v) is 17.6. The first-order chi connectivity index (χ1) is 24.8. The Morgan fingerprint density at radius 1 is 0.540 bits per heavy atom. The summed E-state index contributed by atoms with van der Waals surface area (Å²) in [6, 6.07) is 46.4. The lowest BCUT2D eigenvalue weighted by atomic mass is 9.82. The van der Waals surface area contributed by atoms with E-state index in [2.05, 4.69) is 164 Å². The van der Waals surface area contributed by atoms with Crippen molar-refractivity contribution in [3.63, 3.8) is 0 Å². The van der Waals surface area contributed by atoms with Crippen molar-refractivity contribution in [3.8, 4) is 28.0 Å². The second kappa shape index (κ2) is 10.7. The molecule has 0 saturated carbocycles. The molecule has 0 N–H and O–H groups in total. The first kappa shape index (κ1) is 27.8. The van der Waals surface area contributed by atoms with Crippen molar-refractivity contribution in [3.05, 3.63) is 173 Å². The Bertz CT molecular complexity index is 2850. The van der Waals surface area contributed by atoms with Gasteiger partial charge in [-0.3, -0.25) is 0 Å². The Morgan fingerprint density at radius 2 is 1.22 bits per heavy atom. The third kappa shape index (κ3) is 4.02. The maximum Gasteiger partial charge on any atom is 0.147 e. The van der Waals surface area contributed by atoms with Gasteiger partial charge in [0.1, 0.15) is 23.0 Å². The maximum atomic E-state index is 6.92. The molecule has 0 radical (unpaired) electrons. The van der Waals surface area contributed by atoms with Gasteiger partial charge in [-0.05, 0) is 73.3 Å². The molecule has 2 heterocycles. The molecular formula is C48H32O2. The molecule has 50 heavy (non-hydrogen) atoms. The lowest BCUT2D eigenvalue weighted by Crippen LogP contribution is -2.27. The van der Waals surface area contributed by atoms with Crippen LogP contribution in [-0.2, 0) is 0 Å². The summed E-state index contributed by atoms with van der Waals surface area (Å²) in [5.74, 6) is 1.42. The van der Waals surface area contributed by atoms with Gasteiger partial charge in [0.2, 0.25) is 0 Å². The van der Waals surface area contributed by atoms with E-state index in [0.717, 1.165) is 45.2 Å². The molecular weight excluding hydrogens is 609 g/mol. The van der Waals surface area contributed by atoms with Crippen LogP contribution in [0.3, 0.4) is 0 Å². The third-order valence-corrected chi connectivity index (χ3v) is 11.1. The van der Waals surface area contributed by atoms with E-state index in [-0.39, 0.29) is 12.0 Å². The van der Waals surface area contributed by atoms with Crippen molar-refractivity contribution < 1.29 is 9.15 Å². The van der Waals surface area contributed by atoms with Crippen LogP contribution in [-0.4, -0.2) is 6.10 Å². The van der Waals surface area contributed by atoms with E-state index in [1.54, 1.807) is 0 Å². The van der Waals surface area contributed by atoms with Crippen LogP contribution in [0.25, 0.3) is 77.9 Å². The first-order valence-electron chi connectivity index (χ1n) is 17.6. The summed E-state index contributed by atoms with van der Waals surface area (Å²) < 4.78 is 13.7. The molecule has 0 bridgehead atoms. The van der Waals surface area contributed by atoms with Gasteiger partial charge >= 0.3 is 0 Å². The van der Waals surface area contributed by atoms with Gasteiger partial charge in [0.15, 0.2) is 0 Å². The maximum absolute atomic E-state index is 6.92. The number of hydrogen-bond acceptors (Lipinski definition) is 2. The quantitative estimate of drug-likeness (QED) is 0.179. The predicted octanol–water partition coefficient (Wildman–Crippen LogP) is 10.9. The zero-order chi connectivity index (χ0) is 32.8. The van der Waals surface area contributed by atoms with Crippen molar-refractivity contribution in [2.24, 2.45) is 0 Å². The fraction of sp³-hybridized carbons (Fsp3) is 0.0833. The van der Waals surface area contributed by atoms with Crippen LogP contribution in [0.4, 0.5) is 0 Å². The number of hydrogen-bond donors (Lipinski definition) is 0. The van der Waals surface area contributed by atoms with Crippen LogP contribution in [0.5, 0.6) is 5.75 Å². The van der Waals surface area contributed by atoms with Gasteiger partial charge in [-0.2, -0.15) is 0 Å². The summed E-state index contributed by atoms with van der Waals surface area (Å²) in [4.78, 5) is 0. The van der Waals surface area contributed by atoms with E-state index in [1.165, 1.54) is 54.2 Å². The minimum absolute atomic E-state index is 0.0353. The second-order valence-corrected chi connectivity index (χ2v) is 13.8. The minimum Gasteiger partial charge on any atom is -0.484 e. The average Bonchev–Trinajstić information content (AvgIpc) is 3.74. The fourth-order valence-electron chi connectivity index (χ4n) is 8.83. The zero-order valence-corrected chi connectivity index (χ0v) is 27.3. The molecule has 2 nitrogen and oxygen atoms in total. The molecule has 3 atom stereocenters. The summed E-state index contributed by atoms with van der Waals surface area (Å²) in [7, 11) is 0. The van der Waals surface area contributed by atoms with Crippen LogP contribution >= 0.6 is 0 Å². The lowest BCUT2D eigenvalue weighted by Gasteiger charge is -2.20. The van der Waals surface area contributed by atoms with E-state index in [9.17, 15) is 0 Å². The molecule has 1 aliphatic heterocycles. The molecule has 3 unspecified atom stereocenters. The number of para-hydroxylation sites is 1. The van der Waals surface area contributed by atoms with Crippen molar-refractivity contribution in [2.75, 3.05) is 0 Å². The van der Waals surface area contributed by atoms with Gasteiger partial charge in [0, 0.05) is 33.7 Å². The average molecular weight is 641 g/mol. The SMILES string of the molecule is C1=CC2Oc3c(cc4c(oc5ccccc54)c3-c3c4ccccc4c(-c4cccc(C5C=c6ccccc6=CC5)c4)c4ccccc34)C2C=C1.